The van der Waals surface area contributed by atoms with Crippen LogP contribution in [0.3, 0.4) is 0 Å². The zero-order valence-electron chi connectivity index (χ0n) is 10.3. The molecule has 0 bridgehead atoms. The Bertz CT molecular complexity index is 722. The molecule has 0 radical (unpaired) electrons. The van der Waals surface area contributed by atoms with Crippen LogP contribution in [0.4, 0.5) is 5.69 Å². The Morgan fingerprint density at radius 1 is 1.05 bits per heavy atom. The number of aryl methyl sites for hydroxylation is 1. The van der Waals surface area contributed by atoms with Crippen molar-refractivity contribution in [1.29, 1.82) is 0 Å². The zero-order chi connectivity index (χ0) is 14.9. The predicted molar refractivity (Wildman–Crippen MR) is 91.2 cm³/mol. The van der Waals surface area contributed by atoms with Gasteiger partial charge in [0.05, 0.1) is 20.6 Å². The predicted octanol–water partition coefficient (Wildman–Crippen LogP) is 4.71. The van der Waals surface area contributed by atoms with E-state index in [-0.39, 0.29) is 20.6 Å². The number of rotatable bonds is 3. The molecule has 0 amide bonds. The molecular formula is C13H10Cl2INO2S. The van der Waals surface area contributed by atoms with Gasteiger partial charge in [0.1, 0.15) is 0 Å². The largest absolute Gasteiger partial charge is 0.277 e. The van der Waals surface area contributed by atoms with Crippen LogP contribution in [0.5, 0.6) is 0 Å². The summed E-state index contributed by atoms with van der Waals surface area (Å²) in [4.78, 5) is 0.161. The average molecular weight is 442 g/mol. The molecule has 1 N–H and O–H groups in total. The molecule has 0 aliphatic heterocycles. The highest BCUT2D eigenvalue weighted by atomic mass is 127. The number of benzene rings is 2. The summed E-state index contributed by atoms with van der Waals surface area (Å²) in [6.45, 7) is 1.89. The van der Waals surface area contributed by atoms with Gasteiger partial charge in [-0.2, -0.15) is 0 Å². The number of halogens is 3. The van der Waals surface area contributed by atoms with Crippen molar-refractivity contribution in [3.63, 3.8) is 0 Å². The second kappa shape index (κ2) is 6.09. The quantitative estimate of drug-likeness (QED) is 0.701. The van der Waals surface area contributed by atoms with Gasteiger partial charge in [-0.3, -0.25) is 4.72 Å². The van der Waals surface area contributed by atoms with E-state index < -0.39 is 10.0 Å². The smallest absolute Gasteiger partial charge is 0.261 e. The molecule has 106 valence electrons. The molecule has 0 unspecified atom stereocenters. The molecule has 2 aromatic carbocycles. The molecule has 0 heterocycles. The fourth-order valence-electron chi connectivity index (χ4n) is 1.55. The van der Waals surface area contributed by atoms with Crippen molar-refractivity contribution in [2.24, 2.45) is 0 Å². The minimum Gasteiger partial charge on any atom is -0.277 e. The lowest BCUT2D eigenvalue weighted by Gasteiger charge is -2.12. The number of sulfonamides is 1. The van der Waals surface area contributed by atoms with Gasteiger partial charge in [0.25, 0.3) is 10.0 Å². The maximum Gasteiger partial charge on any atom is 0.261 e. The fourth-order valence-corrected chi connectivity index (χ4v) is 4.34. The van der Waals surface area contributed by atoms with Crippen molar-refractivity contribution in [3.8, 4) is 0 Å². The molecule has 2 aromatic rings. The van der Waals surface area contributed by atoms with Crippen LogP contribution in [0.2, 0.25) is 10.0 Å². The van der Waals surface area contributed by atoms with Gasteiger partial charge >= 0.3 is 0 Å². The summed E-state index contributed by atoms with van der Waals surface area (Å²) >= 11 is 14.1. The van der Waals surface area contributed by atoms with Crippen molar-refractivity contribution in [2.75, 3.05) is 4.72 Å². The Kier molecular flexibility index (Phi) is 4.84. The van der Waals surface area contributed by atoms with Crippen LogP contribution in [0.15, 0.2) is 41.3 Å². The van der Waals surface area contributed by atoms with Gasteiger partial charge in [0.15, 0.2) is 0 Å². The van der Waals surface area contributed by atoms with Gasteiger partial charge < -0.3 is 0 Å². The van der Waals surface area contributed by atoms with Gasteiger partial charge in [0, 0.05) is 3.57 Å². The van der Waals surface area contributed by atoms with Crippen molar-refractivity contribution in [2.45, 2.75) is 11.8 Å². The number of nitrogens with one attached hydrogen (secondary N) is 1. The average Bonchev–Trinajstić information content (AvgIpc) is 2.34. The fraction of sp³-hybridized carbons (Fsp3) is 0.0769. The molecule has 7 heteroatoms. The first-order valence-corrected chi connectivity index (χ1v) is 8.85. The lowest BCUT2D eigenvalue weighted by atomic mass is 10.2. The summed E-state index contributed by atoms with van der Waals surface area (Å²) in [5, 5.41) is 0.523. The monoisotopic (exact) mass is 441 g/mol. The Morgan fingerprint density at radius 2 is 1.55 bits per heavy atom. The number of hydrogen-bond donors (Lipinski definition) is 1. The highest BCUT2D eigenvalue weighted by Gasteiger charge is 2.18. The molecule has 0 aliphatic carbocycles. The first-order valence-electron chi connectivity index (χ1n) is 5.53. The van der Waals surface area contributed by atoms with Crippen molar-refractivity contribution in [1.82, 2.24) is 0 Å². The zero-order valence-corrected chi connectivity index (χ0v) is 14.8. The highest BCUT2D eigenvalue weighted by Crippen LogP contribution is 2.34. The topological polar surface area (TPSA) is 46.2 Å². The minimum atomic E-state index is -3.71. The van der Waals surface area contributed by atoms with Crippen LogP contribution in [-0.4, -0.2) is 8.42 Å². The van der Waals surface area contributed by atoms with Crippen molar-refractivity contribution >= 4 is 61.5 Å². The molecule has 3 nitrogen and oxygen atoms in total. The maximum absolute atomic E-state index is 12.3. The third-order valence-corrected chi connectivity index (χ3v) is 5.16. The second-order valence-corrected chi connectivity index (χ2v) is 7.91. The second-order valence-electron chi connectivity index (χ2n) is 4.16. The number of hydrogen-bond acceptors (Lipinski definition) is 2. The SMILES string of the molecule is Cc1ccc(S(=O)(=O)Nc2c(Cl)cc(I)cc2Cl)cc1. The molecule has 0 fully saturated rings. The van der Waals surface area contributed by atoms with Gasteiger partial charge in [-0.1, -0.05) is 40.9 Å². The van der Waals surface area contributed by atoms with Crippen LogP contribution < -0.4 is 4.72 Å². The van der Waals surface area contributed by atoms with Gasteiger partial charge in [-0.15, -0.1) is 0 Å². The highest BCUT2D eigenvalue weighted by molar-refractivity contribution is 14.1. The molecule has 0 aromatic heterocycles. The Labute approximate surface area is 141 Å². The lowest BCUT2D eigenvalue weighted by molar-refractivity contribution is 0.601. The van der Waals surface area contributed by atoms with E-state index in [1.54, 1.807) is 24.3 Å². The maximum atomic E-state index is 12.3. The van der Waals surface area contributed by atoms with Gasteiger partial charge in [-0.25, -0.2) is 8.42 Å². The Balaban J connectivity index is 2.41. The van der Waals surface area contributed by atoms with Crippen LogP contribution in [0, 0.1) is 10.5 Å². The molecule has 0 saturated heterocycles. The van der Waals surface area contributed by atoms with E-state index in [9.17, 15) is 8.42 Å². The lowest BCUT2D eigenvalue weighted by Crippen LogP contribution is -2.13. The summed E-state index contributed by atoms with van der Waals surface area (Å²) in [7, 11) is -3.71. The standard InChI is InChI=1S/C13H10Cl2INO2S/c1-8-2-4-10(5-3-8)20(18,19)17-13-11(14)6-9(16)7-12(13)15/h2-7,17H,1H3. The van der Waals surface area contributed by atoms with E-state index in [0.717, 1.165) is 9.13 Å². The van der Waals surface area contributed by atoms with E-state index in [0.29, 0.717) is 0 Å². The van der Waals surface area contributed by atoms with E-state index in [2.05, 4.69) is 27.3 Å². The van der Waals surface area contributed by atoms with Crippen LogP contribution in [0.1, 0.15) is 5.56 Å². The van der Waals surface area contributed by atoms with Crippen LogP contribution in [0.25, 0.3) is 0 Å². The summed E-state index contributed by atoms with van der Waals surface area (Å²) in [5.74, 6) is 0. The third-order valence-electron chi connectivity index (χ3n) is 2.57. The van der Waals surface area contributed by atoms with E-state index in [1.807, 2.05) is 6.92 Å². The summed E-state index contributed by atoms with van der Waals surface area (Å²) in [6, 6.07) is 9.80. The molecule has 0 atom stereocenters. The van der Waals surface area contributed by atoms with E-state index in [4.69, 9.17) is 23.2 Å². The van der Waals surface area contributed by atoms with Gasteiger partial charge in [-0.05, 0) is 53.8 Å². The Hall–Kier alpha value is -0.500. The first-order chi connectivity index (χ1) is 9.29. The Morgan fingerprint density at radius 3 is 2.05 bits per heavy atom. The molecule has 20 heavy (non-hydrogen) atoms. The van der Waals surface area contributed by atoms with E-state index in [1.165, 1.54) is 12.1 Å². The van der Waals surface area contributed by atoms with Crippen molar-refractivity contribution in [3.05, 3.63) is 55.6 Å². The van der Waals surface area contributed by atoms with Gasteiger partial charge in [0.2, 0.25) is 0 Å². The van der Waals surface area contributed by atoms with Crippen LogP contribution >= 0.6 is 45.8 Å². The molecule has 0 spiro atoms. The van der Waals surface area contributed by atoms with Crippen LogP contribution in [-0.2, 0) is 10.0 Å². The molecule has 0 saturated carbocycles. The normalized spacial score (nSPS) is 11.4. The molecular weight excluding hydrogens is 432 g/mol. The summed E-state index contributed by atoms with van der Waals surface area (Å²) in [5.41, 5.74) is 1.17. The summed E-state index contributed by atoms with van der Waals surface area (Å²) in [6.07, 6.45) is 0. The number of anilines is 1. The van der Waals surface area contributed by atoms with Crippen molar-refractivity contribution < 1.29 is 8.42 Å². The minimum absolute atomic E-state index is 0.161. The molecule has 0 aliphatic rings. The summed E-state index contributed by atoms with van der Waals surface area (Å²) < 4.78 is 27.8. The third kappa shape index (κ3) is 3.58. The van der Waals surface area contributed by atoms with E-state index >= 15 is 0 Å². The molecule has 2 rings (SSSR count). The first kappa shape index (κ1) is 15.9.